The number of carbonyl (C=O) groups excluding carboxylic acids is 2. The van der Waals surface area contributed by atoms with Crippen molar-refractivity contribution in [3.8, 4) is 5.75 Å². The summed E-state index contributed by atoms with van der Waals surface area (Å²) in [7, 11) is 0. The summed E-state index contributed by atoms with van der Waals surface area (Å²) < 4.78 is 6.57. The monoisotopic (exact) mass is 554 g/mol. The number of nitrogens with zero attached hydrogens (tertiary/aromatic N) is 1. The fraction of sp³-hybridized carbons (Fsp3) is 0.143. The highest BCUT2D eigenvalue weighted by atomic mass is 79.9. The molecule has 3 rings (SSSR count). The van der Waals surface area contributed by atoms with E-state index in [1.54, 1.807) is 48.5 Å². The van der Waals surface area contributed by atoms with Crippen LogP contribution in [-0.4, -0.2) is 44.8 Å². The number of anilines is 1. The second-order valence-corrected chi connectivity index (χ2v) is 9.62. The van der Waals surface area contributed by atoms with Crippen molar-refractivity contribution in [2.24, 2.45) is 0 Å². The lowest BCUT2D eigenvalue weighted by Crippen LogP contribution is -2.41. The number of ether oxygens (including phenoxy) is 1. The number of amides is 2. The van der Waals surface area contributed by atoms with Gasteiger partial charge in [-0.3, -0.25) is 14.5 Å². The minimum atomic E-state index is -1.15. The van der Waals surface area contributed by atoms with Gasteiger partial charge < -0.3 is 15.2 Å². The van der Waals surface area contributed by atoms with Gasteiger partial charge in [-0.15, -0.1) is 0 Å². The molecule has 2 aromatic carbocycles. The van der Waals surface area contributed by atoms with E-state index in [-0.39, 0.29) is 21.7 Å². The Hall–Kier alpha value is -2.40. The molecule has 1 heterocycles. The van der Waals surface area contributed by atoms with E-state index in [1.807, 2.05) is 0 Å². The van der Waals surface area contributed by atoms with Crippen molar-refractivity contribution in [2.75, 3.05) is 11.9 Å². The first-order chi connectivity index (χ1) is 15.2. The molecule has 0 spiro atoms. The van der Waals surface area contributed by atoms with E-state index in [0.29, 0.717) is 22.0 Å². The van der Waals surface area contributed by atoms with E-state index in [4.69, 9.17) is 28.6 Å². The molecule has 0 saturated carbocycles. The molecule has 1 aliphatic rings. The molecule has 1 fully saturated rings. The van der Waals surface area contributed by atoms with E-state index in [2.05, 4.69) is 21.2 Å². The topological polar surface area (TPSA) is 95.9 Å². The Morgan fingerprint density at radius 2 is 2.00 bits per heavy atom. The summed E-state index contributed by atoms with van der Waals surface area (Å²) in [5, 5.41) is 12.5. The van der Waals surface area contributed by atoms with E-state index in [9.17, 15) is 19.5 Å². The average molecular weight is 556 g/mol. The quantitative estimate of drug-likeness (QED) is 0.374. The van der Waals surface area contributed by atoms with Crippen molar-refractivity contribution in [1.82, 2.24) is 4.90 Å². The largest absolute Gasteiger partial charge is 0.483 e. The number of nitrogens with one attached hydrogen (secondary N) is 1. The lowest BCUT2D eigenvalue weighted by Gasteiger charge is -2.18. The number of thioether (sulfide) groups is 1. The van der Waals surface area contributed by atoms with Crippen LogP contribution in [0.4, 0.5) is 5.69 Å². The van der Waals surface area contributed by atoms with Gasteiger partial charge in [0.15, 0.2) is 6.61 Å². The average Bonchev–Trinajstić information content (AvgIpc) is 3.01. The van der Waals surface area contributed by atoms with Crippen molar-refractivity contribution >= 4 is 85.4 Å². The number of halogens is 2. The summed E-state index contributed by atoms with van der Waals surface area (Å²) in [5.74, 6) is -1.65. The molecule has 0 bridgehead atoms. The van der Waals surface area contributed by atoms with Crippen LogP contribution in [0.3, 0.4) is 0 Å². The molecular formula is C21H16BrClN2O5S2. The Balaban J connectivity index is 1.76. The third-order valence-electron chi connectivity index (χ3n) is 4.31. The number of carbonyl (C=O) groups is 3. The molecule has 2 amide bonds. The molecule has 0 radical (unpaired) electrons. The third kappa shape index (κ3) is 5.89. The summed E-state index contributed by atoms with van der Waals surface area (Å²) >= 11 is 15.4. The fourth-order valence-electron chi connectivity index (χ4n) is 2.70. The minimum absolute atomic E-state index is 0.163. The molecule has 2 N–H and O–H groups in total. The second-order valence-electron chi connectivity index (χ2n) is 6.59. The van der Waals surface area contributed by atoms with Gasteiger partial charge in [-0.25, -0.2) is 4.79 Å². The number of rotatable bonds is 7. The Bertz CT molecular complexity index is 1120. The van der Waals surface area contributed by atoms with Crippen LogP contribution in [0.1, 0.15) is 12.5 Å². The zero-order valence-corrected chi connectivity index (χ0v) is 20.5. The predicted octanol–water partition coefficient (Wildman–Crippen LogP) is 4.79. The lowest BCUT2D eigenvalue weighted by molar-refractivity contribution is -0.144. The Labute approximate surface area is 206 Å². The van der Waals surface area contributed by atoms with Gasteiger partial charge in [0, 0.05) is 20.7 Å². The maximum atomic E-state index is 12.7. The third-order valence-corrected chi connectivity index (χ3v) is 6.39. The van der Waals surface area contributed by atoms with Crippen LogP contribution in [0.2, 0.25) is 5.02 Å². The van der Waals surface area contributed by atoms with Gasteiger partial charge in [0.1, 0.15) is 16.1 Å². The van der Waals surface area contributed by atoms with Crippen LogP contribution in [0.25, 0.3) is 6.08 Å². The van der Waals surface area contributed by atoms with E-state index in [1.165, 1.54) is 6.92 Å². The molecule has 0 aromatic heterocycles. The molecule has 32 heavy (non-hydrogen) atoms. The molecule has 7 nitrogen and oxygen atoms in total. The van der Waals surface area contributed by atoms with Gasteiger partial charge in [0.25, 0.3) is 11.8 Å². The standard InChI is InChI=1S/C21H16BrClN2O5S2/c1-11(20(28)29)25-19(27)17(32-21(25)31)9-12-8-13(22)2-7-16(12)30-10-18(26)24-15-5-3-14(23)4-6-15/h2-9,11H,10H2,1H3,(H,24,26)(H,28,29)/b17-9-. The van der Waals surface area contributed by atoms with E-state index in [0.717, 1.165) is 21.1 Å². The molecular weight excluding hydrogens is 540 g/mol. The van der Waals surface area contributed by atoms with Crippen LogP contribution in [-0.2, 0) is 14.4 Å². The van der Waals surface area contributed by atoms with Gasteiger partial charge in [-0.05, 0) is 55.5 Å². The molecule has 1 aliphatic heterocycles. The predicted molar refractivity (Wildman–Crippen MR) is 132 cm³/mol. The summed E-state index contributed by atoms with van der Waals surface area (Å²) in [6.07, 6.45) is 1.56. The first-order valence-electron chi connectivity index (χ1n) is 9.13. The van der Waals surface area contributed by atoms with Crippen LogP contribution < -0.4 is 10.1 Å². The van der Waals surface area contributed by atoms with Gasteiger partial charge in [-0.1, -0.05) is 51.5 Å². The van der Waals surface area contributed by atoms with Crippen molar-refractivity contribution in [2.45, 2.75) is 13.0 Å². The maximum Gasteiger partial charge on any atom is 0.326 e. The molecule has 0 aliphatic carbocycles. The summed E-state index contributed by atoms with van der Waals surface area (Å²) in [5.41, 5.74) is 1.11. The van der Waals surface area contributed by atoms with Gasteiger partial charge >= 0.3 is 5.97 Å². The summed E-state index contributed by atoms with van der Waals surface area (Å²) in [6, 6.07) is 10.7. The van der Waals surface area contributed by atoms with Crippen LogP contribution in [0.5, 0.6) is 5.75 Å². The van der Waals surface area contributed by atoms with Crippen LogP contribution in [0.15, 0.2) is 51.8 Å². The highest BCUT2D eigenvalue weighted by Crippen LogP contribution is 2.36. The number of thiocarbonyl (C=S) groups is 1. The number of benzene rings is 2. The zero-order chi connectivity index (χ0) is 23.4. The number of carboxylic acids is 1. The molecule has 11 heteroatoms. The molecule has 1 unspecified atom stereocenters. The highest BCUT2D eigenvalue weighted by Gasteiger charge is 2.38. The summed E-state index contributed by atoms with van der Waals surface area (Å²) in [4.78, 5) is 37.6. The number of carboxylic acid groups (broad SMARTS) is 1. The van der Waals surface area contributed by atoms with Gasteiger partial charge in [0.05, 0.1) is 4.91 Å². The Kier molecular flexibility index (Phi) is 7.94. The number of hydrogen-bond acceptors (Lipinski definition) is 6. The SMILES string of the molecule is CC(C(=O)O)N1C(=O)/C(=C/c2cc(Br)ccc2OCC(=O)Nc2ccc(Cl)cc2)SC1=S. The molecule has 2 aromatic rings. The zero-order valence-electron chi connectivity index (χ0n) is 16.5. The Morgan fingerprint density at radius 3 is 2.66 bits per heavy atom. The summed E-state index contributed by atoms with van der Waals surface area (Å²) in [6.45, 7) is 1.13. The minimum Gasteiger partial charge on any atom is -0.483 e. The van der Waals surface area contributed by atoms with Crippen molar-refractivity contribution < 1.29 is 24.2 Å². The number of aliphatic carboxylic acids is 1. The maximum absolute atomic E-state index is 12.7. The molecule has 1 saturated heterocycles. The van der Waals surface area contributed by atoms with Crippen LogP contribution >= 0.6 is 51.5 Å². The normalized spacial score (nSPS) is 15.7. The van der Waals surface area contributed by atoms with Crippen molar-refractivity contribution in [3.63, 3.8) is 0 Å². The fourth-order valence-corrected chi connectivity index (χ4v) is 4.62. The van der Waals surface area contributed by atoms with E-state index >= 15 is 0 Å². The van der Waals surface area contributed by atoms with Crippen molar-refractivity contribution in [1.29, 1.82) is 0 Å². The second kappa shape index (κ2) is 10.5. The molecule has 166 valence electrons. The van der Waals surface area contributed by atoms with Gasteiger partial charge in [0.2, 0.25) is 0 Å². The molecule has 1 atom stereocenters. The Morgan fingerprint density at radius 1 is 1.31 bits per heavy atom. The smallest absolute Gasteiger partial charge is 0.326 e. The van der Waals surface area contributed by atoms with Crippen LogP contribution in [0, 0.1) is 0 Å². The van der Waals surface area contributed by atoms with Gasteiger partial charge in [-0.2, -0.15) is 0 Å². The van der Waals surface area contributed by atoms with E-state index < -0.39 is 17.9 Å². The lowest BCUT2D eigenvalue weighted by atomic mass is 10.1. The first kappa shape index (κ1) is 24.2. The highest BCUT2D eigenvalue weighted by molar-refractivity contribution is 9.10. The first-order valence-corrected chi connectivity index (χ1v) is 11.5. The number of hydrogen-bond donors (Lipinski definition) is 2. The van der Waals surface area contributed by atoms with Crippen molar-refractivity contribution in [3.05, 3.63) is 62.4 Å².